The average molecular weight is 386 g/mol. The van der Waals surface area contributed by atoms with Crippen molar-refractivity contribution in [3.8, 4) is 29.9 Å². The molecule has 0 aliphatic rings. The number of nitrogens with zero attached hydrogens (tertiary/aromatic N) is 1. The molecule has 5 heteroatoms. The van der Waals surface area contributed by atoms with Crippen molar-refractivity contribution in [3.05, 3.63) is 71.8 Å². The number of para-hydroxylation sites is 1. The van der Waals surface area contributed by atoms with Gasteiger partial charge in [-0.1, -0.05) is 30.2 Å². The van der Waals surface area contributed by atoms with Crippen LogP contribution in [0.5, 0.6) is 11.5 Å². The highest BCUT2D eigenvalue weighted by Crippen LogP contribution is 2.34. The molecule has 2 aromatic carbocycles. The predicted octanol–water partition coefficient (Wildman–Crippen LogP) is 4.37. The van der Waals surface area contributed by atoms with Crippen LogP contribution in [0.2, 0.25) is 0 Å². The van der Waals surface area contributed by atoms with Crippen molar-refractivity contribution in [1.29, 1.82) is 5.26 Å². The molecule has 2 rings (SSSR count). The number of anilines is 1. The van der Waals surface area contributed by atoms with Gasteiger partial charge in [-0.25, -0.2) is 0 Å². The maximum atomic E-state index is 12.5. The molecule has 0 saturated heterocycles. The van der Waals surface area contributed by atoms with Crippen LogP contribution in [-0.4, -0.2) is 19.1 Å². The quantitative estimate of drug-likeness (QED) is 0.301. The zero-order valence-corrected chi connectivity index (χ0v) is 16.3. The maximum absolute atomic E-state index is 12.5. The van der Waals surface area contributed by atoms with E-state index in [-0.39, 0.29) is 12.2 Å². The van der Waals surface area contributed by atoms with E-state index in [1.807, 2.05) is 25.1 Å². The van der Waals surface area contributed by atoms with Crippen molar-refractivity contribution in [3.63, 3.8) is 0 Å². The summed E-state index contributed by atoms with van der Waals surface area (Å²) in [5, 5.41) is 12.2. The number of ether oxygens (including phenoxy) is 2. The summed E-state index contributed by atoms with van der Waals surface area (Å²) in [6, 6.07) is 14.4. The van der Waals surface area contributed by atoms with E-state index in [0.29, 0.717) is 35.8 Å². The number of carbonyl (C=O) groups is 1. The van der Waals surface area contributed by atoms with Crippen molar-refractivity contribution in [2.75, 3.05) is 18.5 Å². The van der Waals surface area contributed by atoms with E-state index in [9.17, 15) is 10.1 Å². The second-order valence-corrected chi connectivity index (χ2v) is 5.92. The van der Waals surface area contributed by atoms with Crippen molar-refractivity contribution in [2.24, 2.45) is 0 Å². The molecular formula is C24H22N2O3. The Hall–Kier alpha value is -3.96. The van der Waals surface area contributed by atoms with Crippen LogP contribution in [0, 0.1) is 23.7 Å². The Kier molecular flexibility index (Phi) is 8.10. The summed E-state index contributed by atoms with van der Waals surface area (Å²) in [6.07, 6.45) is 9.07. The zero-order chi connectivity index (χ0) is 21.1. The van der Waals surface area contributed by atoms with Gasteiger partial charge in [0.15, 0.2) is 11.5 Å². The van der Waals surface area contributed by atoms with Crippen LogP contribution in [0.15, 0.2) is 60.7 Å². The highest BCUT2D eigenvalue weighted by molar-refractivity contribution is 6.09. The molecule has 2 aromatic rings. The molecule has 0 spiro atoms. The van der Waals surface area contributed by atoms with Gasteiger partial charge in [0.2, 0.25) is 0 Å². The Morgan fingerprint density at radius 2 is 2.03 bits per heavy atom. The lowest BCUT2D eigenvalue weighted by Gasteiger charge is -2.15. The molecule has 5 nitrogen and oxygen atoms in total. The number of nitrogens with one attached hydrogen (secondary N) is 1. The van der Waals surface area contributed by atoms with Crippen molar-refractivity contribution in [1.82, 2.24) is 0 Å². The van der Waals surface area contributed by atoms with Crippen LogP contribution in [0.1, 0.15) is 18.1 Å². The summed E-state index contributed by atoms with van der Waals surface area (Å²) in [6.45, 7) is 6.14. The fourth-order valence-electron chi connectivity index (χ4n) is 2.65. The Balaban J connectivity index is 2.42. The van der Waals surface area contributed by atoms with E-state index in [1.165, 1.54) is 6.08 Å². The normalized spacial score (nSPS) is 10.4. The molecule has 0 aliphatic heterocycles. The smallest absolute Gasteiger partial charge is 0.266 e. The fraction of sp³-hybridized carbons (Fsp3) is 0.167. The first-order valence-corrected chi connectivity index (χ1v) is 9.08. The van der Waals surface area contributed by atoms with Crippen LogP contribution in [-0.2, 0) is 11.2 Å². The Morgan fingerprint density at radius 3 is 2.66 bits per heavy atom. The molecule has 0 atom stereocenters. The molecule has 0 unspecified atom stereocenters. The number of amides is 1. The molecule has 0 heterocycles. The van der Waals surface area contributed by atoms with Crippen molar-refractivity contribution in [2.45, 2.75) is 13.3 Å². The number of hydrogen-bond acceptors (Lipinski definition) is 4. The summed E-state index contributed by atoms with van der Waals surface area (Å²) in [5.74, 6) is 2.98. The minimum atomic E-state index is -0.491. The van der Waals surface area contributed by atoms with Gasteiger partial charge in [-0.15, -0.1) is 13.0 Å². The van der Waals surface area contributed by atoms with Crippen LogP contribution >= 0.6 is 0 Å². The summed E-state index contributed by atoms with van der Waals surface area (Å²) in [4.78, 5) is 12.5. The number of carbonyl (C=O) groups excluding carboxylic acids is 1. The van der Waals surface area contributed by atoms with Crippen LogP contribution < -0.4 is 14.8 Å². The second-order valence-electron chi connectivity index (χ2n) is 5.92. The molecule has 0 aromatic heterocycles. The highest BCUT2D eigenvalue weighted by Gasteiger charge is 2.15. The summed E-state index contributed by atoms with van der Waals surface area (Å²) >= 11 is 0. The third kappa shape index (κ3) is 6.02. The first kappa shape index (κ1) is 21.3. The minimum absolute atomic E-state index is 0.0295. The topological polar surface area (TPSA) is 71.3 Å². The van der Waals surface area contributed by atoms with Crippen molar-refractivity contribution >= 4 is 17.7 Å². The molecule has 0 fully saturated rings. The molecule has 1 N–H and O–H groups in total. The fourth-order valence-corrected chi connectivity index (χ4v) is 2.65. The van der Waals surface area contributed by atoms with Gasteiger partial charge < -0.3 is 14.8 Å². The van der Waals surface area contributed by atoms with Gasteiger partial charge in [0.25, 0.3) is 5.91 Å². The third-order valence-corrected chi connectivity index (χ3v) is 3.83. The number of benzene rings is 2. The van der Waals surface area contributed by atoms with E-state index in [0.717, 1.165) is 5.56 Å². The van der Waals surface area contributed by atoms with Gasteiger partial charge in [-0.05, 0) is 49.2 Å². The number of rotatable bonds is 9. The SMILES string of the molecule is C#CCOc1c(CC=C)cc(/C=C(\C#N)C(=O)Nc2ccccc2)cc1OCC. The monoisotopic (exact) mass is 386 g/mol. The third-order valence-electron chi connectivity index (χ3n) is 3.83. The Labute approximate surface area is 171 Å². The van der Waals surface area contributed by atoms with Crippen LogP contribution in [0.25, 0.3) is 6.08 Å². The van der Waals surface area contributed by atoms with E-state index in [4.69, 9.17) is 15.9 Å². The lowest BCUT2D eigenvalue weighted by atomic mass is 10.0. The lowest BCUT2D eigenvalue weighted by molar-refractivity contribution is -0.112. The minimum Gasteiger partial charge on any atom is -0.490 e. The Bertz CT molecular complexity index is 980. The van der Waals surface area contributed by atoms with Crippen LogP contribution in [0.4, 0.5) is 5.69 Å². The van der Waals surface area contributed by atoms with E-state index in [1.54, 1.807) is 36.4 Å². The van der Waals surface area contributed by atoms with E-state index < -0.39 is 5.91 Å². The number of nitriles is 1. The second kappa shape index (κ2) is 11.0. The van der Waals surface area contributed by atoms with E-state index in [2.05, 4.69) is 17.8 Å². The number of terminal acetylenes is 1. The number of allylic oxidation sites excluding steroid dienone is 1. The van der Waals surface area contributed by atoms with Gasteiger partial charge in [-0.2, -0.15) is 5.26 Å². The molecule has 0 saturated carbocycles. The molecular weight excluding hydrogens is 364 g/mol. The van der Waals surface area contributed by atoms with Gasteiger partial charge in [0, 0.05) is 11.3 Å². The van der Waals surface area contributed by atoms with Gasteiger partial charge >= 0.3 is 0 Å². The summed E-state index contributed by atoms with van der Waals surface area (Å²) < 4.78 is 11.4. The largest absolute Gasteiger partial charge is 0.490 e. The molecule has 29 heavy (non-hydrogen) atoms. The first-order chi connectivity index (χ1) is 14.1. The molecule has 0 aliphatic carbocycles. The molecule has 0 radical (unpaired) electrons. The first-order valence-electron chi connectivity index (χ1n) is 9.08. The van der Waals surface area contributed by atoms with Gasteiger partial charge in [0.1, 0.15) is 18.2 Å². The molecule has 146 valence electrons. The van der Waals surface area contributed by atoms with E-state index >= 15 is 0 Å². The highest BCUT2D eigenvalue weighted by atomic mass is 16.5. The van der Waals surface area contributed by atoms with Gasteiger partial charge in [-0.3, -0.25) is 4.79 Å². The predicted molar refractivity (Wildman–Crippen MR) is 115 cm³/mol. The lowest BCUT2D eigenvalue weighted by Crippen LogP contribution is -2.13. The summed E-state index contributed by atoms with van der Waals surface area (Å²) in [7, 11) is 0. The molecule has 0 bridgehead atoms. The Morgan fingerprint density at radius 1 is 1.28 bits per heavy atom. The summed E-state index contributed by atoms with van der Waals surface area (Å²) in [5.41, 5.74) is 2.02. The van der Waals surface area contributed by atoms with Crippen LogP contribution in [0.3, 0.4) is 0 Å². The number of hydrogen-bond donors (Lipinski definition) is 1. The standard InChI is InChI=1S/C24H22N2O3/c1-4-10-19-14-18(16-22(28-6-3)23(19)29-13-5-2)15-20(17-25)24(27)26-21-11-8-7-9-12-21/h2,4,7-9,11-12,14-16H,1,6,10,13H2,3H3,(H,26,27)/b20-15+. The zero-order valence-electron chi connectivity index (χ0n) is 16.3. The maximum Gasteiger partial charge on any atom is 0.266 e. The average Bonchev–Trinajstić information content (AvgIpc) is 2.72. The molecule has 1 amide bonds. The van der Waals surface area contributed by atoms with Gasteiger partial charge in [0.05, 0.1) is 6.61 Å². The van der Waals surface area contributed by atoms with Crippen molar-refractivity contribution < 1.29 is 14.3 Å².